The third-order valence-electron chi connectivity index (χ3n) is 4.60. The van der Waals surface area contributed by atoms with Gasteiger partial charge in [-0.05, 0) is 68.9 Å². The first-order chi connectivity index (χ1) is 14.8. The number of nitrogens with zero attached hydrogens (tertiary/aromatic N) is 3. The largest absolute Gasteiger partial charge is 0.325 e. The molecule has 0 saturated carbocycles. The number of carbonyl (C=O) groups excluding carboxylic acids is 1. The number of likely N-dealkylation sites (N-methyl/N-ethyl adjacent to an activating group) is 1. The second-order valence-electron chi connectivity index (χ2n) is 7.10. The average Bonchev–Trinajstić information content (AvgIpc) is 3.18. The molecule has 0 radical (unpaired) electrons. The lowest BCUT2D eigenvalue weighted by Crippen LogP contribution is -2.31. The number of nitrogens with one attached hydrogen (secondary N) is 2. The van der Waals surface area contributed by atoms with Crippen LogP contribution in [0.4, 0.5) is 15.8 Å². The van der Waals surface area contributed by atoms with Crippen LogP contribution in [0, 0.1) is 15.9 Å². The third kappa shape index (κ3) is 6.34. The van der Waals surface area contributed by atoms with E-state index in [0.29, 0.717) is 12.2 Å². The lowest BCUT2D eigenvalue weighted by molar-refractivity contribution is -0.384. The van der Waals surface area contributed by atoms with Crippen molar-refractivity contribution < 1.29 is 14.1 Å². The molecule has 3 rings (SSSR count). The summed E-state index contributed by atoms with van der Waals surface area (Å²) in [6.45, 7) is 0.805. The fourth-order valence-electron chi connectivity index (χ4n) is 3.05. The van der Waals surface area contributed by atoms with Gasteiger partial charge in [-0.1, -0.05) is 11.6 Å². The minimum Gasteiger partial charge on any atom is -0.325 e. The number of aromatic nitrogens is 2. The van der Waals surface area contributed by atoms with E-state index in [1.807, 2.05) is 18.0 Å². The summed E-state index contributed by atoms with van der Waals surface area (Å²) in [5, 5.41) is 20.8. The number of benzene rings is 2. The van der Waals surface area contributed by atoms with Crippen molar-refractivity contribution >= 4 is 28.9 Å². The van der Waals surface area contributed by atoms with Crippen LogP contribution in [0.15, 0.2) is 48.5 Å². The maximum atomic E-state index is 13.0. The number of hydrogen-bond donors (Lipinski definition) is 2. The van der Waals surface area contributed by atoms with E-state index in [4.69, 9.17) is 11.6 Å². The molecule has 0 aliphatic heterocycles. The lowest BCUT2D eigenvalue weighted by Gasteiger charge is -2.16. The molecule has 1 aromatic heterocycles. The molecule has 0 spiro atoms. The van der Waals surface area contributed by atoms with Crippen LogP contribution in [0.3, 0.4) is 0 Å². The minimum atomic E-state index is -0.596. The van der Waals surface area contributed by atoms with Gasteiger partial charge in [0.1, 0.15) is 10.8 Å². The molecular formula is C21H21ClFN5O3. The SMILES string of the molecule is CN(CCCc1cc(-c2ccc(F)cc2)n[nH]1)CC(=O)Nc1ccc(Cl)c([N+](=O)[O-])c1. The highest BCUT2D eigenvalue weighted by molar-refractivity contribution is 6.32. The Morgan fingerprint density at radius 3 is 2.71 bits per heavy atom. The van der Waals surface area contributed by atoms with Gasteiger partial charge in [0.25, 0.3) is 5.69 Å². The Morgan fingerprint density at radius 2 is 2.00 bits per heavy atom. The predicted octanol–water partition coefficient (Wildman–Crippen LogP) is 4.28. The van der Waals surface area contributed by atoms with Gasteiger partial charge in [-0.2, -0.15) is 5.10 Å². The second kappa shape index (κ2) is 10.1. The molecule has 0 unspecified atom stereocenters. The fraction of sp³-hybridized carbons (Fsp3) is 0.238. The summed E-state index contributed by atoms with van der Waals surface area (Å²) in [6, 6.07) is 12.2. The Bertz CT molecular complexity index is 1070. The van der Waals surface area contributed by atoms with Gasteiger partial charge in [0, 0.05) is 23.0 Å². The van der Waals surface area contributed by atoms with Gasteiger partial charge in [0.05, 0.1) is 17.2 Å². The summed E-state index contributed by atoms with van der Waals surface area (Å²) in [5.74, 6) is -0.569. The summed E-state index contributed by atoms with van der Waals surface area (Å²) in [5.41, 5.74) is 2.60. The Balaban J connectivity index is 1.44. The van der Waals surface area contributed by atoms with E-state index in [2.05, 4.69) is 15.5 Å². The fourth-order valence-corrected chi connectivity index (χ4v) is 3.24. The first-order valence-corrected chi connectivity index (χ1v) is 9.92. The number of rotatable bonds is 9. The number of halogens is 2. The minimum absolute atomic E-state index is 0.0153. The standard InChI is InChI=1S/C21H21ClFN5O3/c1-27(13-21(29)24-16-8-9-18(22)20(12-16)28(30)31)10-2-3-17-11-19(26-25-17)14-4-6-15(23)7-5-14/h4-9,11-12H,2-3,10,13H2,1H3,(H,24,29)(H,25,26). The average molecular weight is 446 g/mol. The highest BCUT2D eigenvalue weighted by Crippen LogP contribution is 2.27. The molecule has 1 amide bonds. The van der Waals surface area contributed by atoms with Crippen LogP contribution in [0.1, 0.15) is 12.1 Å². The van der Waals surface area contributed by atoms with Crippen LogP contribution in [0.5, 0.6) is 0 Å². The lowest BCUT2D eigenvalue weighted by atomic mass is 10.1. The molecule has 0 bridgehead atoms. The quantitative estimate of drug-likeness (QED) is 0.378. The zero-order valence-corrected chi connectivity index (χ0v) is 17.5. The van der Waals surface area contributed by atoms with Crippen LogP contribution < -0.4 is 5.32 Å². The first kappa shape index (κ1) is 22.4. The first-order valence-electron chi connectivity index (χ1n) is 9.54. The summed E-state index contributed by atoms with van der Waals surface area (Å²) in [7, 11) is 1.82. The summed E-state index contributed by atoms with van der Waals surface area (Å²) in [6.07, 6.45) is 1.53. The molecule has 0 atom stereocenters. The number of anilines is 1. The Labute approximate surface area is 183 Å². The van der Waals surface area contributed by atoms with Gasteiger partial charge >= 0.3 is 0 Å². The van der Waals surface area contributed by atoms with Crippen LogP contribution in [-0.2, 0) is 11.2 Å². The molecule has 0 aliphatic carbocycles. The van der Waals surface area contributed by atoms with Gasteiger partial charge in [0.15, 0.2) is 0 Å². The molecule has 162 valence electrons. The number of aryl methyl sites for hydroxylation is 1. The van der Waals surface area contributed by atoms with E-state index < -0.39 is 4.92 Å². The number of nitro benzene ring substituents is 1. The van der Waals surface area contributed by atoms with E-state index in [-0.39, 0.29) is 29.0 Å². The summed E-state index contributed by atoms with van der Waals surface area (Å²) in [4.78, 5) is 24.4. The number of hydrogen-bond acceptors (Lipinski definition) is 5. The van der Waals surface area contributed by atoms with E-state index in [1.54, 1.807) is 12.1 Å². The van der Waals surface area contributed by atoms with Crippen LogP contribution in [-0.4, -0.2) is 46.1 Å². The smallest absolute Gasteiger partial charge is 0.289 e. The molecule has 10 heteroatoms. The molecule has 2 aromatic carbocycles. The van der Waals surface area contributed by atoms with E-state index >= 15 is 0 Å². The van der Waals surface area contributed by atoms with Crippen molar-refractivity contribution in [3.63, 3.8) is 0 Å². The Hall–Kier alpha value is -3.30. The van der Waals surface area contributed by atoms with Gasteiger partial charge < -0.3 is 5.32 Å². The summed E-state index contributed by atoms with van der Waals surface area (Å²) < 4.78 is 13.0. The zero-order chi connectivity index (χ0) is 22.4. The Kier molecular flexibility index (Phi) is 7.32. The molecule has 8 nitrogen and oxygen atoms in total. The van der Waals surface area contributed by atoms with E-state index in [9.17, 15) is 19.3 Å². The van der Waals surface area contributed by atoms with Gasteiger partial charge in [0.2, 0.25) is 5.91 Å². The Morgan fingerprint density at radius 1 is 1.26 bits per heavy atom. The molecule has 0 saturated heterocycles. The number of carbonyl (C=O) groups is 1. The molecule has 0 fully saturated rings. The van der Waals surface area contributed by atoms with Crippen molar-refractivity contribution in [2.45, 2.75) is 12.8 Å². The molecule has 31 heavy (non-hydrogen) atoms. The van der Waals surface area contributed by atoms with Crippen LogP contribution in [0.2, 0.25) is 5.02 Å². The van der Waals surface area contributed by atoms with Crippen LogP contribution in [0.25, 0.3) is 11.3 Å². The summed E-state index contributed by atoms with van der Waals surface area (Å²) >= 11 is 5.78. The van der Waals surface area contributed by atoms with Crippen molar-refractivity contribution in [3.05, 3.63) is 75.2 Å². The normalized spacial score (nSPS) is 11.0. The monoisotopic (exact) mass is 445 g/mol. The maximum Gasteiger partial charge on any atom is 0.289 e. The molecule has 2 N–H and O–H groups in total. The zero-order valence-electron chi connectivity index (χ0n) is 16.8. The van der Waals surface area contributed by atoms with E-state index in [1.165, 1.54) is 30.3 Å². The van der Waals surface area contributed by atoms with Crippen molar-refractivity contribution in [2.24, 2.45) is 0 Å². The maximum absolute atomic E-state index is 13.0. The molecule has 1 heterocycles. The molecule has 0 aliphatic rings. The van der Waals surface area contributed by atoms with Crippen molar-refractivity contribution in [1.82, 2.24) is 15.1 Å². The highest BCUT2D eigenvalue weighted by Gasteiger charge is 2.14. The second-order valence-corrected chi connectivity index (χ2v) is 7.51. The van der Waals surface area contributed by atoms with E-state index in [0.717, 1.165) is 29.8 Å². The van der Waals surface area contributed by atoms with Gasteiger partial charge in [-0.3, -0.25) is 24.9 Å². The third-order valence-corrected chi connectivity index (χ3v) is 4.92. The highest BCUT2D eigenvalue weighted by atomic mass is 35.5. The number of nitro groups is 1. The van der Waals surface area contributed by atoms with Gasteiger partial charge in [-0.25, -0.2) is 4.39 Å². The van der Waals surface area contributed by atoms with Gasteiger partial charge in [-0.15, -0.1) is 0 Å². The predicted molar refractivity (Wildman–Crippen MR) is 117 cm³/mol. The number of H-pyrrole nitrogens is 1. The van der Waals surface area contributed by atoms with Crippen molar-refractivity contribution in [1.29, 1.82) is 0 Å². The van der Waals surface area contributed by atoms with Crippen molar-refractivity contribution in [2.75, 3.05) is 25.5 Å². The number of aromatic amines is 1. The topological polar surface area (TPSA) is 104 Å². The molecule has 3 aromatic rings. The number of amides is 1. The molecular weight excluding hydrogens is 425 g/mol. The van der Waals surface area contributed by atoms with Crippen molar-refractivity contribution in [3.8, 4) is 11.3 Å². The van der Waals surface area contributed by atoms with Crippen LogP contribution >= 0.6 is 11.6 Å².